The third-order valence-corrected chi connectivity index (χ3v) is 3.00. The summed E-state index contributed by atoms with van der Waals surface area (Å²) in [5.41, 5.74) is 3.90. The summed E-state index contributed by atoms with van der Waals surface area (Å²) in [5, 5.41) is 3.47. The Labute approximate surface area is 105 Å². The summed E-state index contributed by atoms with van der Waals surface area (Å²) in [7, 11) is 1.75. The number of methoxy groups -OCH3 is 1. The summed E-state index contributed by atoms with van der Waals surface area (Å²) in [6, 6.07) is 6.59. The van der Waals surface area contributed by atoms with Crippen LogP contribution in [0.3, 0.4) is 0 Å². The van der Waals surface area contributed by atoms with Crippen molar-refractivity contribution in [2.45, 2.75) is 46.1 Å². The van der Waals surface area contributed by atoms with Crippen molar-refractivity contribution in [3.63, 3.8) is 0 Å². The summed E-state index contributed by atoms with van der Waals surface area (Å²) in [5.74, 6) is 0. The Morgan fingerprint density at radius 1 is 1.12 bits per heavy atom. The van der Waals surface area contributed by atoms with Gasteiger partial charge in [0, 0.05) is 19.3 Å². The van der Waals surface area contributed by atoms with Gasteiger partial charge in [-0.05, 0) is 36.1 Å². The highest BCUT2D eigenvalue weighted by atomic mass is 16.5. The van der Waals surface area contributed by atoms with Crippen LogP contribution in [0.15, 0.2) is 18.2 Å². The summed E-state index contributed by atoms with van der Waals surface area (Å²) < 4.78 is 5.24. The number of anilines is 1. The second kappa shape index (κ2) is 8.13. The lowest BCUT2D eigenvalue weighted by molar-refractivity contribution is 0.184. The first-order valence-corrected chi connectivity index (χ1v) is 6.66. The van der Waals surface area contributed by atoms with Crippen LogP contribution >= 0.6 is 0 Å². The summed E-state index contributed by atoms with van der Waals surface area (Å²) >= 11 is 0. The number of ether oxygens (including phenoxy) is 1. The molecule has 0 aliphatic carbocycles. The molecule has 1 aromatic rings. The van der Waals surface area contributed by atoms with Crippen LogP contribution in [0.1, 0.15) is 44.2 Å². The summed E-state index contributed by atoms with van der Waals surface area (Å²) in [6.07, 6.45) is 4.87. The van der Waals surface area contributed by atoms with Gasteiger partial charge in [0.1, 0.15) is 0 Å². The van der Waals surface area contributed by atoms with Crippen LogP contribution in [0.25, 0.3) is 0 Å². The van der Waals surface area contributed by atoms with Crippen molar-refractivity contribution in [3.8, 4) is 0 Å². The molecular formula is C15H25NO. The molecule has 0 radical (unpaired) electrons. The predicted octanol–water partition coefficient (Wildman–Crippen LogP) is 4.00. The van der Waals surface area contributed by atoms with Crippen LogP contribution in [-0.4, -0.2) is 13.7 Å². The Bertz CT molecular complexity index is 323. The first-order valence-electron chi connectivity index (χ1n) is 6.66. The van der Waals surface area contributed by atoms with Crippen molar-refractivity contribution < 1.29 is 4.74 Å². The summed E-state index contributed by atoms with van der Waals surface area (Å²) in [6.45, 7) is 6.18. The van der Waals surface area contributed by atoms with E-state index in [0.717, 1.165) is 13.0 Å². The van der Waals surface area contributed by atoms with Gasteiger partial charge >= 0.3 is 0 Å². The van der Waals surface area contributed by atoms with E-state index in [1.165, 1.54) is 36.1 Å². The number of hydrogen-bond acceptors (Lipinski definition) is 2. The van der Waals surface area contributed by atoms with Gasteiger partial charge in [-0.25, -0.2) is 0 Å². The second-order valence-corrected chi connectivity index (χ2v) is 4.40. The van der Waals surface area contributed by atoms with Crippen molar-refractivity contribution in [1.82, 2.24) is 0 Å². The van der Waals surface area contributed by atoms with Gasteiger partial charge in [-0.15, -0.1) is 0 Å². The van der Waals surface area contributed by atoms with E-state index in [2.05, 4.69) is 37.4 Å². The maximum Gasteiger partial charge on any atom is 0.0716 e. The van der Waals surface area contributed by atoms with E-state index < -0.39 is 0 Å². The van der Waals surface area contributed by atoms with Crippen LogP contribution in [0.4, 0.5) is 5.69 Å². The smallest absolute Gasteiger partial charge is 0.0716 e. The first kappa shape index (κ1) is 14.0. The second-order valence-electron chi connectivity index (χ2n) is 4.40. The molecule has 0 saturated heterocycles. The zero-order valence-corrected chi connectivity index (χ0v) is 11.4. The van der Waals surface area contributed by atoms with Gasteiger partial charge in [-0.3, -0.25) is 0 Å². The number of hydrogen-bond donors (Lipinski definition) is 1. The van der Waals surface area contributed by atoms with E-state index >= 15 is 0 Å². The number of benzene rings is 1. The predicted molar refractivity (Wildman–Crippen MR) is 74.5 cm³/mol. The van der Waals surface area contributed by atoms with Crippen LogP contribution < -0.4 is 5.32 Å². The van der Waals surface area contributed by atoms with Crippen molar-refractivity contribution in [3.05, 3.63) is 29.3 Å². The fourth-order valence-electron chi connectivity index (χ4n) is 1.98. The molecule has 0 heterocycles. The average Bonchev–Trinajstić information content (AvgIpc) is 2.35. The molecule has 96 valence electrons. The molecule has 0 unspecified atom stereocenters. The van der Waals surface area contributed by atoms with Crippen molar-refractivity contribution in [2.24, 2.45) is 0 Å². The van der Waals surface area contributed by atoms with Gasteiger partial charge in [-0.1, -0.05) is 32.8 Å². The van der Waals surface area contributed by atoms with Crippen LogP contribution in [0.5, 0.6) is 0 Å². The van der Waals surface area contributed by atoms with Crippen LogP contribution in [0, 0.1) is 0 Å². The van der Waals surface area contributed by atoms with E-state index in [1.54, 1.807) is 7.11 Å². The minimum Gasteiger partial charge on any atom is -0.385 e. The van der Waals surface area contributed by atoms with Crippen molar-refractivity contribution in [1.29, 1.82) is 0 Å². The average molecular weight is 235 g/mol. The van der Waals surface area contributed by atoms with Gasteiger partial charge in [-0.2, -0.15) is 0 Å². The molecule has 2 heteroatoms. The maximum absolute atomic E-state index is 5.24. The standard InChI is InChI=1S/C15H25NO/c1-4-6-7-10-16-15-9-8-13(5-2)14(11-15)12-17-3/h8-9,11,16H,4-7,10,12H2,1-3H3. The zero-order chi connectivity index (χ0) is 12.5. The molecule has 0 saturated carbocycles. The van der Waals surface area contributed by atoms with Crippen molar-refractivity contribution in [2.75, 3.05) is 19.0 Å². The van der Waals surface area contributed by atoms with Gasteiger partial charge in [0.25, 0.3) is 0 Å². The SMILES string of the molecule is CCCCCNc1ccc(CC)c(COC)c1. The lowest BCUT2D eigenvalue weighted by Gasteiger charge is -2.11. The Hall–Kier alpha value is -1.02. The third kappa shape index (κ3) is 4.78. The molecular weight excluding hydrogens is 210 g/mol. The van der Waals surface area contributed by atoms with Gasteiger partial charge < -0.3 is 10.1 Å². The van der Waals surface area contributed by atoms with Crippen LogP contribution in [0.2, 0.25) is 0 Å². The summed E-state index contributed by atoms with van der Waals surface area (Å²) in [4.78, 5) is 0. The minimum absolute atomic E-state index is 0.702. The topological polar surface area (TPSA) is 21.3 Å². The van der Waals surface area contributed by atoms with Crippen LogP contribution in [-0.2, 0) is 17.8 Å². The quantitative estimate of drug-likeness (QED) is 0.688. The molecule has 1 aromatic carbocycles. The molecule has 0 aliphatic heterocycles. The molecule has 17 heavy (non-hydrogen) atoms. The molecule has 0 atom stereocenters. The normalized spacial score (nSPS) is 10.5. The van der Waals surface area contributed by atoms with E-state index in [4.69, 9.17) is 4.74 Å². The molecule has 0 spiro atoms. The number of unbranched alkanes of at least 4 members (excludes halogenated alkanes) is 2. The van der Waals surface area contributed by atoms with Gasteiger partial charge in [0.15, 0.2) is 0 Å². The maximum atomic E-state index is 5.24. The van der Waals surface area contributed by atoms with E-state index in [9.17, 15) is 0 Å². The first-order chi connectivity index (χ1) is 8.31. The Morgan fingerprint density at radius 2 is 1.94 bits per heavy atom. The molecule has 0 fully saturated rings. The highest BCUT2D eigenvalue weighted by Crippen LogP contribution is 2.17. The Kier molecular flexibility index (Phi) is 6.71. The number of nitrogens with one attached hydrogen (secondary N) is 1. The molecule has 1 rings (SSSR count). The Morgan fingerprint density at radius 3 is 2.59 bits per heavy atom. The fourth-order valence-corrected chi connectivity index (χ4v) is 1.98. The lowest BCUT2D eigenvalue weighted by Crippen LogP contribution is -2.03. The number of aryl methyl sites for hydroxylation is 1. The fraction of sp³-hybridized carbons (Fsp3) is 0.600. The molecule has 0 aromatic heterocycles. The highest BCUT2D eigenvalue weighted by molar-refractivity contribution is 5.48. The van der Waals surface area contributed by atoms with E-state index in [-0.39, 0.29) is 0 Å². The zero-order valence-electron chi connectivity index (χ0n) is 11.4. The largest absolute Gasteiger partial charge is 0.385 e. The monoisotopic (exact) mass is 235 g/mol. The third-order valence-electron chi connectivity index (χ3n) is 3.00. The molecule has 2 nitrogen and oxygen atoms in total. The van der Waals surface area contributed by atoms with E-state index in [1.807, 2.05) is 0 Å². The molecule has 0 amide bonds. The Balaban J connectivity index is 2.57. The molecule has 0 aliphatic rings. The lowest BCUT2D eigenvalue weighted by atomic mass is 10.0. The van der Waals surface area contributed by atoms with Gasteiger partial charge in [0.2, 0.25) is 0 Å². The van der Waals surface area contributed by atoms with Gasteiger partial charge in [0.05, 0.1) is 6.61 Å². The molecule has 0 bridgehead atoms. The molecule has 1 N–H and O–H groups in total. The van der Waals surface area contributed by atoms with E-state index in [0.29, 0.717) is 6.61 Å². The minimum atomic E-state index is 0.702. The van der Waals surface area contributed by atoms with Crippen molar-refractivity contribution >= 4 is 5.69 Å². The number of rotatable bonds is 8. The highest BCUT2D eigenvalue weighted by Gasteiger charge is 2.02.